The van der Waals surface area contributed by atoms with E-state index in [9.17, 15) is 35.5 Å². The molecule has 0 saturated carbocycles. The standard InChI is InChI=1S/C10H11F7O3/c1-2-5(3-6-4-19-7(18)20-6)8(11,12)9(13,14)10(15,16)17/h5-6H,2-4H2,1H3. The Morgan fingerprint density at radius 3 is 2.10 bits per heavy atom. The maximum absolute atomic E-state index is 13.5. The van der Waals surface area contributed by atoms with Crippen LogP contribution >= 0.6 is 0 Å². The van der Waals surface area contributed by atoms with E-state index in [1.54, 1.807) is 0 Å². The first-order valence-electron chi connectivity index (χ1n) is 5.59. The highest BCUT2D eigenvalue weighted by molar-refractivity contribution is 5.61. The van der Waals surface area contributed by atoms with E-state index in [1.807, 2.05) is 0 Å². The zero-order valence-electron chi connectivity index (χ0n) is 10.1. The number of ether oxygens (including phenoxy) is 2. The largest absolute Gasteiger partial charge is 0.508 e. The number of hydrogen-bond donors (Lipinski definition) is 0. The van der Waals surface area contributed by atoms with Crippen LogP contribution in [0.2, 0.25) is 0 Å². The molecule has 118 valence electrons. The van der Waals surface area contributed by atoms with Crippen molar-refractivity contribution in [2.24, 2.45) is 5.92 Å². The van der Waals surface area contributed by atoms with Crippen LogP contribution in [0, 0.1) is 5.92 Å². The lowest BCUT2D eigenvalue weighted by Gasteiger charge is -2.34. The van der Waals surface area contributed by atoms with Crippen LogP contribution in [0.4, 0.5) is 35.5 Å². The average Bonchev–Trinajstić information content (AvgIpc) is 2.69. The number of alkyl halides is 7. The van der Waals surface area contributed by atoms with Crippen molar-refractivity contribution < 1.29 is 45.0 Å². The van der Waals surface area contributed by atoms with Crippen LogP contribution in [0.3, 0.4) is 0 Å². The molecule has 0 aliphatic carbocycles. The van der Waals surface area contributed by atoms with Gasteiger partial charge in [0, 0.05) is 5.92 Å². The summed E-state index contributed by atoms with van der Waals surface area (Å²) in [5.74, 6) is -13.8. The summed E-state index contributed by atoms with van der Waals surface area (Å²) in [7, 11) is 0. The smallest absolute Gasteiger partial charge is 0.430 e. The van der Waals surface area contributed by atoms with Crippen LogP contribution in [-0.4, -0.2) is 36.9 Å². The molecule has 0 spiro atoms. The molecule has 1 fully saturated rings. The summed E-state index contributed by atoms with van der Waals surface area (Å²) in [4.78, 5) is 10.6. The van der Waals surface area contributed by atoms with E-state index in [0.29, 0.717) is 0 Å². The summed E-state index contributed by atoms with van der Waals surface area (Å²) in [5, 5.41) is 0. The molecule has 0 aromatic rings. The lowest BCUT2D eigenvalue weighted by Crippen LogP contribution is -2.56. The molecule has 10 heteroatoms. The van der Waals surface area contributed by atoms with Gasteiger partial charge < -0.3 is 9.47 Å². The first-order valence-corrected chi connectivity index (χ1v) is 5.59. The average molecular weight is 312 g/mol. The summed E-state index contributed by atoms with van der Waals surface area (Å²) in [5.41, 5.74) is 0. The number of rotatable bonds is 5. The highest BCUT2D eigenvalue weighted by Gasteiger charge is 2.74. The van der Waals surface area contributed by atoms with E-state index in [0.717, 1.165) is 6.92 Å². The fourth-order valence-corrected chi connectivity index (χ4v) is 1.81. The third kappa shape index (κ3) is 2.93. The predicted molar refractivity (Wildman–Crippen MR) is 50.6 cm³/mol. The minimum atomic E-state index is -6.37. The molecule has 2 atom stereocenters. The second kappa shape index (κ2) is 5.28. The molecule has 0 bridgehead atoms. The lowest BCUT2D eigenvalue weighted by atomic mass is 9.88. The predicted octanol–water partition coefficient (Wildman–Crippen LogP) is 3.77. The van der Waals surface area contributed by atoms with Crippen molar-refractivity contribution in [1.29, 1.82) is 0 Å². The second-order valence-electron chi connectivity index (χ2n) is 4.34. The zero-order valence-corrected chi connectivity index (χ0v) is 10.1. The molecule has 1 aliphatic heterocycles. The maximum Gasteiger partial charge on any atom is 0.508 e. The lowest BCUT2D eigenvalue weighted by molar-refractivity contribution is -0.367. The Kier molecular flexibility index (Phi) is 4.45. The van der Waals surface area contributed by atoms with Gasteiger partial charge >= 0.3 is 24.2 Å². The molecular formula is C10H11F7O3. The van der Waals surface area contributed by atoms with E-state index >= 15 is 0 Å². The fraction of sp³-hybridized carbons (Fsp3) is 0.900. The van der Waals surface area contributed by atoms with E-state index in [4.69, 9.17) is 0 Å². The quantitative estimate of drug-likeness (QED) is 0.572. The second-order valence-corrected chi connectivity index (χ2v) is 4.34. The molecule has 0 amide bonds. The summed E-state index contributed by atoms with van der Waals surface area (Å²) in [6.07, 6.45) is -10.3. The van der Waals surface area contributed by atoms with Crippen molar-refractivity contribution in [3.8, 4) is 0 Å². The molecule has 1 heterocycles. The molecule has 20 heavy (non-hydrogen) atoms. The summed E-state index contributed by atoms with van der Waals surface area (Å²) >= 11 is 0. The fourth-order valence-electron chi connectivity index (χ4n) is 1.81. The van der Waals surface area contributed by atoms with Crippen LogP contribution in [0.5, 0.6) is 0 Å². The Labute approximate surface area is 109 Å². The minimum absolute atomic E-state index is 0.455. The third-order valence-corrected chi connectivity index (χ3v) is 2.98. The molecule has 0 N–H and O–H groups in total. The van der Waals surface area contributed by atoms with Gasteiger partial charge in [0.1, 0.15) is 12.7 Å². The molecule has 0 radical (unpaired) electrons. The summed E-state index contributed by atoms with van der Waals surface area (Å²) in [6.45, 7) is 0.589. The first-order chi connectivity index (χ1) is 8.93. The maximum atomic E-state index is 13.5. The van der Waals surface area contributed by atoms with Gasteiger partial charge in [-0.25, -0.2) is 4.79 Å². The monoisotopic (exact) mass is 312 g/mol. The van der Waals surface area contributed by atoms with E-state index in [-0.39, 0.29) is 0 Å². The van der Waals surface area contributed by atoms with Crippen molar-refractivity contribution in [3.63, 3.8) is 0 Å². The highest BCUT2D eigenvalue weighted by Crippen LogP contribution is 2.51. The minimum Gasteiger partial charge on any atom is -0.430 e. The van der Waals surface area contributed by atoms with Crippen molar-refractivity contribution in [2.45, 2.75) is 43.9 Å². The van der Waals surface area contributed by atoms with Crippen LogP contribution in [0.1, 0.15) is 19.8 Å². The summed E-state index contributed by atoms with van der Waals surface area (Å²) < 4.78 is 97.5. The SMILES string of the molecule is CCC(CC1COC(=O)O1)C(F)(F)C(F)(F)C(F)(F)F. The number of halogens is 7. The van der Waals surface area contributed by atoms with Gasteiger partial charge in [-0.2, -0.15) is 30.7 Å². The van der Waals surface area contributed by atoms with Crippen molar-refractivity contribution >= 4 is 6.16 Å². The van der Waals surface area contributed by atoms with Gasteiger partial charge in [0.05, 0.1) is 0 Å². The van der Waals surface area contributed by atoms with Gasteiger partial charge in [0.2, 0.25) is 0 Å². The first kappa shape index (κ1) is 16.8. The molecule has 1 aliphatic rings. The normalized spacial score (nSPS) is 22.4. The van der Waals surface area contributed by atoms with E-state index < -0.39 is 55.6 Å². The molecular weight excluding hydrogens is 301 g/mol. The number of carbonyl (C=O) groups excluding carboxylic acids is 1. The molecule has 0 aromatic heterocycles. The van der Waals surface area contributed by atoms with E-state index in [1.165, 1.54) is 0 Å². The topological polar surface area (TPSA) is 35.5 Å². The molecule has 2 unspecified atom stereocenters. The zero-order chi connectivity index (χ0) is 15.8. The van der Waals surface area contributed by atoms with Crippen LogP contribution in [0.25, 0.3) is 0 Å². The summed E-state index contributed by atoms with van der Waals surface area (Å²) in [6, 6.07) is 0. The van der Waals surface area contributed by atoms with Gasteiger partial charge in [-0.05, 0) is 12.8 Å². The Morgan fingerprint density at radius 1 is 1.20 bits per heavy atom. The molecule has 3 nitrogen and oxygen atoms in total. The Balaban J connectivity index is 2.89. The van der Waals surface area contributed by atoms with Crippen LogP contribution < -0.4 is 0 Å². The number of hydrogen-bond acceptors (Lipinski definition) is 3. The Morgan fingerprint density at radius 2 is 1.75 bits per heavy atom. The van der Waals surface area contributed by atoms with Crippen molar-refractivity contribution in [3.05, 3.63) is 0 Å². The third-order valence-electron chi connectivity index (χ3n) is 2.98. The van der Waals surface area contributed by atoms with Crippen LogP contribution in [0.15, 0.2) is 0 Å². The van der Waals surface area contributed by atoms with Gasteiger partial charge in [0.25, 0.3) is 0 Å². The molecule has 1 saturated heterocycles. The number of carbonyl (C=O) groups is 1. The van der Waals surface area contributed by atoms with E-state index in [2.05, 4.69) is 9.47 Å². The van der Waals surface area contributed by atoms with Crippen molar-refractivity contribution in [2.75, 3.05) is 6.61 Å². The van der Waals surface area contributed by atoms with Gasteiger partial charge in [-0.1, -0.05) is 6.92 Å². The van der Waals surface area contributed by atoms with Gasteiger partial charge in [0.15, 0.2) is 0 Å². The van der Waals surface area contributed by atoms with Gasteiger partial charge in [-0.3, -0.25) is 0 Å². The van der Waals surface area contributed by atoms with Crippen LogP contribution in [-0.2, 0) is 9.47 Å². The number of cyclic esters (lactones) is 2. The Bertz CT molecular complexity index is 366. The Hall–Kier alpha value is -1.22. The highest BCUT2D eigenvalue weighted by atomic mass is 19.4. The molecule has 0 aromatic carbocycles. The van der Waals surface area contributed by atoms with Crippen molar-refractivity contribution in [1.82, 2.24) is 0 Å². The molecule has 1 rings (SSSR count). The van der Waals surface area contributed by atoms with Gasteiger partial charge in [-0.15, -0.1) is 0 Å².